The van der Waals surface area contributed by atoms with Gasteiger partial charge in [0, 0.05) is 44.5 Å². The quantitative estimate of drug-likeness (QED) is 0.853. The van der Waals surface area contributed by atoms with E-state index in [1.54, 1.807) is 0 Å². The molecule has 122 valence electrons. The van der Waals surface area contributed by atoms with Crippen molar-refractivity contribution in [1.82, 2.24) is 15.6 Å². The van der Waals surface area contributed by atoms with Gasteiger partial charge in [-0.3, -0.25) is 4.79 Å². The van der Waals surface area contributed by atoms with Gasteiger partial charge in [0.05, 0.1) is 11.8 Å². The molecule has 2 heterocycles. The smallest absolute Gasteiger partial charge is 0.220 e. The van der Waals surface area contributed by atoms with E-state index in [1.807, 2.05) is 0 Å². The summed E-state index contributed by atoms with van der Waals surface area (Å²) < 4.78 is 32.0. The van der Waals surface area contributed by atoms with Crippen molar-refractivity contribution in [2.45, 2.75) is 12.8 Å². The Hall–Kier alpha value is -2.28. The average molecular weight is 321 g/mol. The summed E-state index contributed by atoms with van der Waals surface area (Å²) in [5.74, 6) is -0.343. The maximum atomic E-state index is 13.7. The van der Waals surface area contributed by atoms with Gasteiger partial charge in [-0.2, -0.15) is 0 Å². The molecule has 0 aliphatic carbocycles. The maximum absolute atomic E-state index is 13.7. The molecule has 3 rings (SSSR count). The van der Waals surface area contributed by atoms with Crippen LogP contribution in [0.4, 0.5) is 8.78 Å². The highest BCUT2D eigenvalue weighted by atomic mass is 19.1. The van der Waals surface area contributed by atoms with E-state index in [2.05, 4.69) is 15.6 Å². The number of benzene rings is 1. The number of aryl methyl sites for hydroxylation is 1. The molecule has 0 spiro atoms. The molecule has 0 saturated carbocycles. The molecule has 0 bridgehead atoms. The van der Waals surface area contributed by atoms with E-state index in [0.29, 0.717) is 24.8 Å². The van der Waals surface area contributed by atoms with Gasteiger partial charge >= 0.3 is 0 Å². The van der Waals surface area contributed by atoms with Gasteiger partial charge in [0.2, 0.25) is 5.91 Å². The Balaban J connectivity index is 1.53. The molecule has 1 saturated heterocycles. The minimum absolute atomic E-state index is 0.0652. The SMILES string of the molecule is O=C(CCc1ncc(-c2ccc(F)cc2F)o1)NCC1CNC1. The first-order valence-electron chi connectivity index (χ1n) is 7.49. The van der Waals surface area contributed by atoms with E-state index < -0.39 is 11.6 Å². The Kier molecular flexibility index (Phi) is 4.66. The van der Waals surface area contributed by atoms with E-state index in [1.165, 1.54) is 12.3 Å². The molecule has 2 aromatic rings. The molecule has 0 atom stereocenters. The number of hydrogen-bond acceptors (Lipinski definition) is 4. The molecule has 1 aromatic heterocycles. The van der Waals surface area contributed by atoms with E-state index in [0.717, 1.165) is 25.2 Å². The number of carbonyl (C=O) groups excluding carboxylic acids is 1. The van der Waals surface area contributed by atoms with Crippen LogP contribution in [0.25, 0.3) is 11.3 Å². The zero-order chi connectivity index (χ0) is 16.2. The van der Waals surface area contributed by atoms with Crippen LogP contribution in [0.15, 0.2) is 28.8 Å². The molecule has 5 nitrogen and oxygen atoms in total. The molecule has 0 radical (unpaired) electrons. The van der Waals surface area contributed by atoms with Crippen LogP contribution in [0.1, 0.15) is 12.3 Å². The highest BCUT2D eigenvalue weighted by Crippen LogP contribution is 2.24. The van der Waals surface area contributed by atoms with E-state index in [-0.39, 0.29) is 23.7 Å². The Bertz CT molecular complexity index is 698. The Labute approximate surface area is 132 Å². The van der Waals surface area contributed by atoms with Crippen molar-refractivity contribution in [3.63, 3.8) is 0 Å². The van der Waals surface area contributed by atoms with Crippen LogP contribution in [-0.2, 0) is 11.2 Å². The third kappa shape index (κ3) is 3.92. The van der Waals surface area contributed by atoms with Crippen molar-refractivity contribution >= 4 is 5.91 Å². The van der Waals surface area contributed by atoms with Crippen molar-refractivity contribution in [3.05, 3.63) is 41.9 Å². The van der Waals surface area contributed by atoms with Crippen molar-refractivity contribution in [3.8, 4) is 11.3 Å². The largest absolute Gasteiger partial charge is 0.441 e. The van der Waals surface area contributed by atoms with Gasteiger partial charge in [-0.15, -0.1) is 0 Å². The van der Waals surface area contributed by atoms with Crippen molar-refractivity contribution in [2.24, 2.45) is 5.92 Å². The normalized spacial score (nSPS) is 14.5. The minimum atomic E-state index is -0.709. The first kappa shape index (κ1) is 15.6. The Morgan fingerprint density at radius 1 is 1.39 bits per heavy atom. The summed E-state index contributed by atoms with van der Waals surface area (Å²) in [6.45, 7) is 2.54. The zero-order valence-electron chi connectivity index (χ0n) is 12.4. The highest BCUT2D eigenvalue weighted by molar-refractivity contribution is 5.76. The molecule has 2 N–H and O–H groups in total. The fourth-order valence-electron chi connectivity index (χ4n) is 2.30. The van der Waals surface area contributed by atoms with Crippen molar-refractivity contribution in [1.29, 1.82) is 0 Å². The van der Waals surface area contributed by atoms with Gasteiger partial charge in [-0.25, -0.2) is 13.8 Å². The van der Waals surface area contributed by atoms with E-state index >= 15 is 0 Å². The topological polar surface area (TPSA) is 67.2 Å². The number of nitrogens with zero attached hydrogens (tertiary/aromatic N) is 1. The van der Waals surface area contributed by atoms with Crippen LogP contribution < -0.4 is 10.6 Å². The second kappa shape index (κ2) is 6.87. The minimum Gasteiger partial charge on any atom is -0.441 e. The van der Waals surface area contributed by atoms with Gasteiger partial charge in [0.15, 0.2) is 11.7 Å². The van der Waals surface area contributed by atoms with Crippen molar-refractivity contribution in [2.75, 3.05) is 19.6 Å². The van der Waals surface area contributed by atoms with E-state index in [9.17, 15) is 13.6 Å². The average Bonchev–Trinajstić information content (AvgIpc) is 2.92. The molecule has 7 heteroatoms. The number of nitrogens with one attached hydrogen (secondary N) is 2. The zero-order valence-corrected chi connectivity index (χ0v) is 12.4. The third-order valence-corrected chi connectivity index (χ3v) is 3.77. The van der Waals surface area contributed by atoms with Crippen LogP contribution in [0.3, 0.4) is 0 Å². The van der Waals surface area contributed by atoms with Crippen LogP contribution in [-0.4, -0.2) is 30.5 Å². The van der Waals surface area contributed by atoms with Gasteiger partial charge in [-0.05, 0) is 12.1 Å². The van der Waals surface area contributed by atoms with Crippen LogP contribution in [0, 0.1) is 17.6 Å². The highest BCUT2D eigenvalue weighted by Gasteiger charge is 2.17. The number of oxazole rings is 1. The number of aromatic nitrogens is 1. The van der Waals surface area contributed by atoms with Crippen molar-refractivity contribution < 1.29 is 18.0 Å². The number of hydrogen-bond donors (Lipinski definition) is 2. The molecular weight excluding hydrogens is 304 g/mol. The predicted octanol–water partition coefficient (Wildman–Crippen LogP) is 1.89. The van der Waals surface area contributed by atoms with E-state index in [4.69, 9.17) is 4.42 Å². The van der Waals surface area contributed by atoms with Gasteiger partial charge in [-0.1, -0.05) is 0 Å². The molecular formula is C16H17F2N3O2. The summed E-state index contributed by atoms with van der Waals surface area (Å²) in [6, 6.07) is 3.25. The molecule has 23 heavy (non-hydrogen) atoms. The van der Waals surface area contributed by atoms with Crippen LogP contribution >= 0.6 is 0 Å². The number of amides is 1. The van der Waals surface area contributed by atoms with Crippen LogP contribution in [0.2, 0.25) is 0 Å². The first-order valence-corrected chi connectivity index (χ1v) is 7.49. The molecule has 1 aromatic carbocycles. The molecule has 1 fully saturated rings. The van der Waals surface area contributed by atoms with Gasteiger partial charge in [0.25, 0.3) is 0 Å². The monoisotopic (exact) mass is 321 g/mol. The molecule has 1 amide bonds. The number of carbonyl (C=O) groups is 1. The molecule has 0 unspecified atom stereocenters. The summed E-state index contributed by atoms with van der Waals surface area (Å²) in [6.07, 6.45) is 1.97. The lowest BCUT2D eigenvalue weighted by atomic mass is 10.0. The summed E-state index contributed by atoms with van der Waals surface area (Å²) in [7, 11) is 0. The molecule has 1 aliphatic rings. The number of halogens is 2. The lowest BCUT2D eigenvalue weighted by Gasteiger charge is -2.27. The Morgan fingerprint density at radius 3 is 2.91 bits per heavy atom. The second-order valence-electron chi connectivity index (χ2n) is 5.57. The van der Waals surface area contributed by atoms with Gasteiger partial charge in [0.1, 0.15) is 11.6 Å². The lowest BCUT2D eigenvalue weighted by Crippen LogP contribution is -2.48. The first-order chi connectivity index (χ1) is 11.1. The standard InChI is InChI=1S/C16H17F2N3O2/c17-11-1-2-12(13(18)5-11)14-9-21-16(23-14)4-3-15(22)20-8-10-6-19-7-10/h1-2,5,9-10,19H,3-4,6-8H2,(H,20,22). The summed E-state index contributed by atoms with van der Waals surface area (Å²) in [5, 5.41) is 6.00. The van der Waals surface area contributed by atoms with Crippen LogP contribution in [0.5, 0.6) is 0 Å². The fraction of sp³-hybridized carbons (Fsp3) is 0.375. The lowest BCUT2D eigenvalue weighted by molar-refractivity contribution is -0.121. The maximum Gasteiger partial charge on any atom is 0.220 e. The number of rotatable bonds is 6. The summed E-state index contributed by atoms with van der Waals surface area (Å²) in [4.78, 5) is 15.8. The fourth-order valence-corrected chi connectivity index (χ4v) is 2.30. The third-order valence-electron chi connectivity index (χ3n) is 3.77. The molecule has 1 aliphatic heterocycles. The predicted molar refractivity (Wildman–Crippen MR) is 79.5 cm³/mol. The summed E-state index contributed by atoms with van der Waals surface area (Å²) >= 11 is 0. The Morgan fingerprint density at radius 2 is 2.22 bits per heavy atom. The van der Waals surface area contributed by atoms with Gasteiger partial charge < -0.3 is 15.1 Å². The summed E-state index contributed by atoms with van der Waals surface area (Å²) in [5.41, 5.74) is 0.145. The second-order valence-corrected chi connectivity index (χ2v) is 5.57.